The standard InChI is InChI=1S/C50H56N4S3/c1-7-9-12-19-31(3)37-28-32(4)38(29-40(37)55)48-52-47(33-20-13-10-14-21-33)53-49(54(48)6)50(5)27-26-42-39(30-50)44-36(23-17-25-43(44)56-42)45(51)46-35(18-8-2)34-22-15-11-16-24-41(34)57-46/h7-10,12-25,28-29,39,42,45,47-49,52-53,55H,3,11,26-27,30,51H2,1-2,4-6H3/b9-7-,18-8-,19-12-. The van der Waals surface area contributed by atoms with E-state index in [0.717, 1.165) is 35.3 Å². The Morgan fingerprint density at radius 3 is 2.63 bits per heavy atom. The molecule has 2 aliphatic heterocycles. The zero-order chi connectivity index (χ0) is 39.8. The summed E-state index contributed by atoms with van der Waals surface area (Å²) in [7, 11) is 2.29. The summed E-state index contributed by atoms with van der Waals surface area (Å²) in [4.78, 5) is 7.47. The Hall–Kier alpha value is -3.66. The molecule has 4 aliphatic rings. The lowest BCUT2D eigenvalue weighted by Crippen LogP contribution is -2.65. The third-order valence-electron chi connectivity index (χ3n) is 12.6. The van der Waals surface area contributed by atoms with Gasteiger partial charge in [0, 0.05) is 24.8 Å². The topological polar surface area (TPSA) is 53.3 Å². The number of hydrogen-bond acceptors (Lipinski definition) is 7. The van der Waals surface area contributed by atoms with Gasteiger partial charge in [-0.15, -0.1) is 35.7 Å². The fourth-order valence-corrected chi connectivity index (χ4v) is 12.8. The van der Waals surface area contributed by atoms with Crippen molar-refractivity contribution in [2.75, 3.05) is 7.05 Å². The van der Waals surface area contributed by atoms with E-state index in [9.17, 15) is 0 Å². The van der Waals surface area contributed by atoms with Crippen molar-refractivity contribution in [3.05, 3.63) is 164 Å². The monoisotopic (exact) mass is 808 g/mol. The van der Waals surface area contributed by atoms with Gasteiger partial charge in [0.2, 0.25) is 0 Å². The minimum Gasteiger partial charge on any atom is -0.320 e. The first-order chi connectivity index (χ1) is 27.6. The maximum atomic E-state index is 7.45. The van der Waals surface area contributed by atoms with Crippen LogP contribution in [0.25, 0.3) is 23.8 Å². The van der Waals surface area contributed by atoms with Crippen molar-refractivity contribution in [1.29, 1.82) is 0 Å². The lowest BCUT2D eigenvalue weighted by Gasteiger charge is -2.55. The van der Waals surface area contributed by atoms with Crippen LogP contribution in [0.2, 0.25) is 0 Å². The number of allylic oxidation sites excluding steroid dienone is 8. The van der Waals surface area contributed by atoms with Crippen molar-refractivity contribution in [2.24, 2.45) is 11.1 Å². The van der Waals surface area contributed by atoms with E-state index >= 15 is 0 Å². The molecule has 0 radical (unpaired) electrons. The molecule has 1 saturated heterocycles. The van der Waals surface area contributed by atoms with Gasteiger partial charge in [0.25, 0.3) is 0 Å². The molecule has 0 spiro atoms. The number of nitrogens with two attached hydrogens (primary N) is 1. The highest BCUT2D eigenvalue weighted by atomic mass is 32.2. The first-order valence-corrected chi connectivity index (χ1v) is 22.5. The molecule has 7 heteroatoms. The van der Waals surface area contributed by atoms with Crippen LogP contribution in [0.3, 0.4) is 0 Å². The first kappa shape index (κ1) is 40.1. The normalized spacial score (nSPS) is 26.5. The minimum absolute atomic E-state index is 0.0157. The van der Waals surface area contributed by atoms with Crippen molar-refractivity contribution in [2.45, 2.75) is 98.9 Å². The number of nitrogens with zero attached hydrogens (tertiary/aromatic N) is 1. The molecule has 4 N–H and O–H groups in total. The summed E-state index contributed by atoms with van der Waals surface area (Å²) in [6.07, 6.45) is 26.1. The van der Waals surface area contributed by atoms with E-state index in [1.807, 2.05) is 36.5 Å². The molecule has 0 bridgehead atoms. The second-order valence-electron chi connectivity index (χ2n) is 16.4. The van der Waals surface area contributed by atoms with Gasteiger partial charge in [0.05, 0.1) is 24.5 Å². The van der Waals surface area contributed by atoms with Gasteiger partial charge >= 0.3 is 0 Å². The van der Waals surface area contributed by atoms with Crippen LogP contribution in [0.15, 0.2) is 120 Å². The van der Waals surface area contributed by atoms with Gasteiger partial charge in [0.1, 0.15) is 0 Å². The summed E-state index contributed by atoms with van der Waals surface area (Å²) < 4.78 is 0. The Morgan fingerprint density at radius 2 is 1.84 bits per heavy atom. The Morgan fingerprint density at radius 1 is 1.04 bits per heavy atom. The predicted molar refractivity (Wildman–Crippen MR) is 250 cm³/mol. The summed E-state index contributed by atoms with van der Waals surface area (Å²) in [5.74, 6) is 0.416. The highest BCUT2D eigenvalue weighted by molar-refractivity contribution is 8.00. The lowest BCUT2D eigenvalue weighted by molar-refractivity contribution is -0.0476. The molecule has 2 aliphatic carbocycles. The van der Waals surface area contributed by atoms with Crippen LogP contribution in [0.5, 0.6) is 0 Å². The number of thiophene rings is 1. The molecule has 1 saturated carbocycles. The quantitative estimate of drug-likeness (QED) is 0.100. The Bertz CT molecular complexity index is 2300. The third-order valence-corrected chi connectivity index (χ3v) is 15.7. The van der Waals surface area contributed by atoms with Gasteiger partial charge in [-0.25, -0.2) is 0 Å². The van der Waals surface area contributed by atoms with Crippen LogP contribution in [0.4, 0.5) is 0 Å². The number of thiol groups is 1. The Kier molecular flexibility index (Phi) is 11.9. The maximum Gasteiger partial charge on any atom is 0.0888 e. The van der Waals surface area contributed by atoms with Crippen LogP contribution >= 0.6 is 35.7 Å². The number of hydrogen-bond donors (Lipinski definition) is 4. The zero-order valence-corrected chi connectivity index (χ0v) is 36.4. The molecule has 7 atom stereocenters. The molecule has 8 rings (SSSR count). The Labute approximate surface area is 354 Å². The number of aryl methyl sites for hydroxylation is 1. The third kappa shape index (κ3) is 7.69. The largest absolute Gasteiger partial charge is 0.320 e. The molecule has 0 amide bonds. The molecule has 57 heavy (non-hydrogen) atoms. The highest BCUT2D eigenvalue weighted by Crippen LogP contribution is 2.59. The average Bonchev–Trinajstić information content (AvgIpc) is 3.65. The molecule has 294 valence electrons. The summed E-state index contributed by atoms with van der Waals surface area (Å²) in [6, 6.07) is 22.1. The van der Waals surface area contributed by atoms with E-state index < -0.39 is 0 Å². The van der Waals surface area contributed by atoms with Crippen LogP contribution in [-0.2, 0) is 0 Å². The van der Waals surface area contributed by atoms with Gasteiger partial charge in [-0.1, -0.05) is 111 Å². The van der Waals surface area contributed by atoms with Crippen molar-refractivity contribution in [3.8, 4) is 0 Å². The number of rotatable bonds is 9. The molecular formula is C50H56N4S3. The van der Waals surface area contributed by atoms with E-state index in [2.05, 4.69) is 165 Å². The van der Waals surface area contributed by atoms with Gasteiger partial charge in [-0.2, -0.15) is 0 Å². The van der Waals surface area contributed by atoms with E-state index in [4.69, 9.17) is 18.4 Å². The second-order valence-corrected chi connectivity index (χ2v) is 19.2. The fourth-order valence-electron chi connectivity index (χ4n) is 9.75. The SMILES string of the molecule is C=C(/C=C\C=C/C)c1cc(C)c(C2NC(c3ccccc3)NC(C3(C)CCC4Sc5cccc(C(N)c6sc7c(c6/C=C\C)C=CCC=C7)c5C4C3)N2C)cc1S. The van der Waals surface area contributed by atoms with Crippen molar-refractivity contribution in [3.63, 3.8) is 0 Å². The van der Waals surface area contributed by atoms with Crippen LogP contribution < -0.4 is 16.4 Å². The van der Waals surface area contributed by atoms with E-state index in [1.165, 1.54) is 60.0 Å². The van der Waals surface area contributed by atoms with Crippen molar-refractivity contribution in [1.82, 2.24) is 15.5 Å². The summed E-state index contributed by atoms with van der Waals surface area (Å²) in [6.45, 7) is 13.3. The summed E-state index contributed by atoms with van der Waals surface area (Å²) >= 11 is 9.00. The number of nitrogens with one attached hydrogen (secondary N) is 2. The van der Waals surface area contributed by atoms with Crippen LogP contribution in [0, 0.1) is 12.3 Å². The summed E-state index contributed by atoms with van der Waals surface area (Å²) in [5.41, 5.74) is 18.5. The van der Waals surface area contributed by atoms with Gasteiger partial charge < -0.3 is 5.73 Å². The molecule has 4 aromatic rings. The molecule has 3 aromatic carbocycles. The van der Waals surface area contributed by atoms with Gasteiger partial charge in [-0.3, -0.25) is 15.5 Å². The van der Waals surface area contributed by atoms with Gasteiger partial charge in [0.15, 0.2) is 0 Å². The minimum atomic E-state index is -0.194. The molecule has 4 nitrogen and oxygen atoms in total. The molecule has 1 aromatic heterocycles. The van der Waals surface area contributed by atoms with Gasteiger partial charge in [-0.05, 0) is 139 Å². The van der Waals surface area contributed by atoms with E-state index in [-0.39, 0.29) is 30.0 Å². The number of thioether (sulfide) groups is 1. The Balaban J connectivity index is 1.14. The molecule has 2 fully saturated rings. The molecule has 7 unspecified atom stereocenters. The lowest BCUT2D eigenvalue weighted by atomic mass is 9.65. The van der Waals surface area contributed by atoms with Crippen LogP contribution in [-0.4, -0.2) is 23.4 Å². The number of fused-ring (bicyclic) bond motifs is 4. The smallest absolute Gasteiger partial charge is 0.0888 e. The van der Waals surface area contributed by atoms with Crippen LogP contribution in [0.1, 0.15) is 125 Å². The number of benzene rings is 3. The average molecular weight is 809 g/mol. The predicted octanol–water partition coefficient (Wildman–Crippen LogP) is 12.6. The van der Waals surface area contributed by atoms with Crippen molar-refractivity contribution < 1.29 is 0 Å². The first-order valence-electron chi connectivity index (χ1n) is 20.4. The van der Waals surface area contributed by atoms with E-state index in [1.54, 1.807) is 0 Å². The zero-order valence-electron chi connectivity index (χ0n) is 33.8. The molecular weight excluding hydrogens is 753 g/mol. The second kappa shape index (κ2) is 16.9. The fraction of sp³-hybridized carbons (Fsp3) is 0.320. The maximum absolute atomic E-state index is 7.45. The summed E-state index contributed by atoms with van der Waals surface area (Å²) in [5, 5.41) is 8.73. The van der Waals surface area contributed by atoms with E-state index in [0.29, 0.717) is 11.2 Å². The van der Waals surface area contributed by atoms with Crippen molar-refractivity contribution >= 4 is 59.5 Å². The highest BCUT2D eigenvalue weighted by Gasteiger charge is 2.51. The molecule has 3 heterocycles.